The van der Waals surface area contributed by atoms with Gasteiger partial charge in [0.2, 0.25) is 0 Å². The van der Waals surface area contributed by atoms with Crippen molar-refractivity contribution in [2.45, 2.75) is 88.9 Å². The standard InChI is InChI=1S/C24H26F6N2O2.C14H22N2/c1-22(2,32-11-7-8-12-32)20(15-9-5-4-6-10-15)31-21(33)19-17(24(28,29)30)13-16(23(25,26)27)14-18(19)34-3;1-14(2,16-10-6-7-11-16)13(15)12-8-4-3-5-9-12/h4-6,9-10,13-14,20H,7-8,11-12H2,1-3H3,(H,31,33);3-5,8-9,13H,6-7,10-11,15H2,1-2H3. The van der Waals surface area contributed by atoms with Crippen molar-refractivity contribution in [1.82, 2.24) is 15.1 Å². The minimum atomic E-state index is -5.21. The largest absolute Gasteiger partial charge is 0.496 e. The maximum atomic E-state index is 13.8. The number of rotatable bonds is 9. The third kappa shape index (κ3) is 8.99. The summed E-state index contributed by atoms with van der Waals surface area (Å²) in [6, 6.07) is 18.9. The maximum Gasteiger partial charge on any atom is 0.417 e. The summed E-state index contributed by atoms with van der Waals surface area (Å²) >= 11 is 0. The van der Waals surface area contributed by atoms with Crippen LogP contribution in [-0.4, -0.2) is 60.1 Å². The normalized spacial score (nSPS) is 17.5. The maximum absolute atomic E-state index is 13.8. The fourth-order valence-corrected chi connectivity index (χ4v) is 6.95. The van der Waals surface area contributed by atoms with E-state index in [0.29, 0.717) is 11.6 Å². The molecule has 274 valence electrons. The summed E-state index contributed by atoms with van der Waals surface area (Å²) in [7, 11) is 0.926. The third-order valence-corrected chi connectivity index (χ3v) is 10.1. The van der Waals surface area contributed by atoms with Crippen molar-refractivity contribution in [3.8, 4) is 5.75 Å². The van der Waals surface area contributed by atoms with Gasteiger partial charge in [-0.05, 0) is 103 Å². The van der Waals surface area contributed by atoms with E-state index in [-0.39, 0.29) is 17.6 Å². The average molecular weight is 707 g/mol. The number of nitrogens with two attached hydrogens (primary N) is 1. The first-order chi connectivity index (χ1) is 23.4. The zero-order chi connectivity index (χ0) is 36.9. The molecular weight excluding hydrogens is 658 g/mol. The van der Waals surface area contributed by atoms with Gasteiger partial charge < -0.3 is 15.8 Å². The van der Waals surface area contributed by atoms with Gasteiger partial charge in [0.25, 0.3) is 5.91 Å². The molecule has 3 aromatic carbocycles. The number of hydrogen-bond acceptors (Lipinski definition) is 5. The van der Waals surface area contributed by atoms with Gasteiger partial charge in [-0.3, -0.25) is 14.6 Å². The third-order valence-electron chi connectivity index (χ3n) is 10.1. The Morgan fingerprint density at radius 2 is 1.18 bits per heavy atom. The van der Waals surface area contributed by atoms with Crippen LogP contribution in [0.3, 0.4) is 0 Å². The average Bonchev–Trinajstić information content (AvgIpc) is 3.83. The summed E-state index contributed by atoms with van der Waals surface area (Å²) in [6.07, 6.45) is -5.75. The van der Waals surface area contributed by atoms with Gasteiger partial charge >= 0.3 is 12.4 Å². The molecule has 0 bridgehead atoms. The quantitative estimate of drug-likeness (QED) is 0.218. The molecule has 2 fully saturated rings. The topological polar surface area (TPSA) is 70.8 Å². The number of hydrogen-bond donors (Lipinski definition) is 2. The van der Waals surface area contributed by atoms with Gasteiger partial charge in [0.05, 0.1) is 29.8 Å². The van der Waals surface area contributed by atoms with E-state index >= 15 is 0 Å². The molecule has 0 spiro atoms. The van der Waals surface area contributed by atoms with Gasteiger partial charge in [-0.1, -0.05) is 60.7 Å². The van der Waals surface area contributed by atoms with Crippen LogP contribution < -0.4 is 15.8 Å². The molecule has 0 radical (unpaired) electrons. The molecule has 2 atom stereocenters. The van der Waals surface area contributed by atoms with E-state index in [0.717, 1.165) is 33.0 Å². The highest BCUT2D eigenvalue weighted by molar-refractivity contribution is 5.99. The van der Waals surface area contributed by atoms with Crippen LogP contribution in [0.2, 0.25) is 0 Å². The lowest BCUT2D eigenvalue weighted by Gasteiger charge is -2.42. The second-order valence-corrected chi connectivity index (χ2v) is 14.0. The highest BCUT2D eigenvalue weighted by Crippen LogP contribution is 2.42. The molecule has 50 heavy (non-hydrogen) atoms. The van der Waals surface area contributed by atoms with Gasteiger partial charge in [0, 0.05) is 17.1 Å². The zero-order valence-electron chi connectivity index (χ0n) is 29.3. The summed E-state index contributed by atoms with van der Waals surface area (Å²) in [5.74, 6) is -1.97. The second kappa shape index (κ2) is 15.7. The molecule has 0 saturated carbocycles. The molecule has 0 aliphatic carbocycles. The molecule has 6 nitrogen and oxygen atoms in total. The molecule has 3 N–H and O–H groups in total. The number of halogens is 6. The summed E-state index contributed by atoms with van der Waals surface area (Å²) < 4.78 is 86.0. The number of nitrogens with one attached hydrogen (secondary N) is 1. The van der Waals surface area contributed by atoms with E-state index in [2.05, 4.69) is 53.2 Å². The number of benzene rings is 3. The number of amides is 1. The van der Waals surface area contributed by atoms with Crippen molar-refractivity contribution in [2.24, 2.45) is 5.73 Å². The van der Waals surface area contributed by atoms with Gasteiger partial charge in [-0.2, -0.15) is 26.3 Å². The Kier molecular flexibility index (Phi) is 12.3. The van der Waals surface area contributed by atoms with Gasteiger partial charge in [0.15, 0.2) is 0 Å². The first kappa shape index (κ1) is 39.2. The summed E-state index contributed by atoms with van der Waals surface area (Å²) in [5, 5.41) is 2.67. The number of likely N-dealkylation sites (tertiary alicyclic amines) is 2. The number of carbonyl (C=O) groups excluding carboxylic acids is 1. The van der Waals surface area contributed by atoms with Crippen molar-refractivity contribution in [3.05, 3.63) is 101 Å². The molecule has 2 aliphatic heterocycles. The Morgan fingerprint density at radius 3 is 1.62 bits per heavy atom. The predicted octanol–water partition coefficient (Wildman–Crippen LogP) is 8.64. The van der Waals surface area contributed by atoms with Crippen LogP contribution in [0.1, 0.15) is 98.1 Å². The Labute approximate surface area is 291 Å². The fraction of sp³-hybridized carbons (Fsp3) is 0.500. The van der Waals surface area contributed by atoms with E-state index in [4.69, 9.17) is 10.5 Å². The number of methoxy groups -OCH3 is 1. The van der Waals surface area contributed by atoms with Crippen LogP contribution in [0, 0.1) is 0 Å². The van der Waals surface area contributed by atoms with Crippen LogP contribution in [0.5, 0.6) is 5.75 Å². The van der Waals surface area contributed by atoms with E-state index in [9.17, 15) is 31.1 Å². The Balaban J connectivity index is 0.000000291. The van der Waals surface area contributed by atoms with Crippen molar-refractivity contribution in [3.63, 3.8) is 0 Å². The summed E-state index contributed by atoms with van der Waals surface area (Å²) in [5.41, 5.74) is 3.43. The van der Waals surface area contributed by atoms with Crippen LogP contribution in [0.4, 0.5) is 26.3 Å². The number of carbonyl (C=O) groups is 1. The molecule has 2 aliphatic rings. The second-order valence-electron chi connectivity index (χ2n) is 14.0. The Morgan fingerprint density at radius 1 is 0.720 bits per heavy atom. The van der Waals surface area contributed by atoms with Crippen LogP contribution in [0.25, 0.3) is 0 Å². The zero-order valence-corrected chi connectivity index (χ0v) is 29.3. The van der Waals surface area contributed by atoms with Crippen molar-refractivity contribution in [1.29, 1.82) is 0 Å². The lowest BCUT2D eigenvalue weighted by molar-refractivity contribution is -0.143. The Hall–Kier alpha value is -3.61. The van der Waals surface area contributed by atoms with E-state index in [1.54, 1.807) is 30.3 Å². The van der Waals surface area contributed by atoms with Gasteiger partial charge in [0.1, 0.15) is 5.75 Å². The number of alkyl halides is 6. The minimum absolute atomic E-state index is 0.0534. The van der Waals surface area contributed by atoms with Gasteiger partial charge in [-0.25, -0.2) is 0 Å². The predicted molar refractivity (Wildman–Crippen MR) is 183 cm³/mol. The smallest absolute Gasteiger partial charge is 0.417 e. The molecular formula is C38H48F6N4O2. The Bertz CT molecular complexity index is 1550. The van der Waals surface area contributed by atoms with E-state index < -0.39 is 52.3 Å². The lowest BCUT2D eigenvalue weighted by Crippen LogP contribution is -2.53. The SMILES string of the molecule is CC(C)(C(N)c1ccccc1)N1CCCC1.COc1cc(C(F)(F)F)cc(C(F)(F)F)c1C(=O)NC(c1ccccc1)C(C)(C)N1CCCC1. The molecule has 12 heteroatoms. The van der Waals surface area contributed by atoms with Crippen LogP contribution >= 0.6 is 0 Å². The summed E-state index contributed by atoms with van der Waals surface area (Å²) in [4.78, 5) is 18.0. The van der Waals surface area contributed by atoms with Crippen molar-refractivity contribution in [2.75, 3.05) is 33.3 Å². The van der Waals surface area contributed by atoms with Crippen LogP contribution in [0.15, 0.2) is 72.8 Å². The van der Waals surface area contributed by atoms with E-state index in [1.807, 2.05) is 19.9 Å². The highest BCUT2D eigenvalue weighted by atomic mass is 19.4. The molecule has 3 aromatic rings. The molecule has 2 unspecified atom stereocenters. The minimum Gasteiger partial charge on any atom is -0.496 e. The highest BCUT2D eigenvalue weighted by Gasteiger charge is 2.44. The molecule has 2 saturated heterocycles. The molecule has 5 rings (SSSR count). The first-order valence-electron chi connectivity index (χ1n) is 16.9. The van der Waals surface area contributed by atoms with Crippen LogP contribution in [-0.2, 0) is 12.4 Å². The lowest BCUT2D eigenvalue weighted by atomic mass is 9.86. The van der Waals surface area contributed by atoms with Gasteiger partial charge in [-0.15, -0.1) is 0 Å². The molecule has 1 amide bonds. The van der Waals surface area contributed by atoms with Crippen molar-refractivity contribution >= 4 is 5.91 Å². The summed E-state index contributed by atoms with van der Waals surface area (Å²) in [6.45, 7) is 12.2. The fourth-order valence-electron chi connectivity index (χ4n) is 6.95. The molecule has 2 heterocycles. The first-order valence-corrected chi connectivity index (χ1v) is 16.9. The number of nitrogens with zero attached hydrogens (tertiary/aromatic N) is 2. The van der Waals surface area contributed by atoms with E-state index in [1.165, 1.54) is 31.5 Å². The number of ether oxygens (including phenoxy) is 1. The van der Waals surface area contributed by atoms with Crippen molar-refractivity contribution < 1.29 is 35.9 Å². The monoisotopic (exact) mass is 706 g/mol. The molecule has 0 aromatic heterocycles.